The lowest BCUT2D eigenvalue weighted by Crippen LogP contribution is -1.99. The fourth-order valence-electron chi connectivity index (χ4n) is 2.86. The van der Waals surface area contributed by atoms with E-state index in [1.165, 1.54) is 0 Å². The fraction of sp³-hybridized carbons (Fsp3) is 0.111. The third-order valence-electron chi connectivity index (χ3n) is 3.96. The average molecular weight is 292 g/mol. The van der Waals surface area contributed by atoms with Crippen LogP contribution in [0.15, 0.2) is 42.5 Å². The number of ether oxygens (including phenoxy) is 4. The normalized spacial score (nSPS) is 14.0. The van der Waals surface area contributed by atoms with Crippen LogP contribution in [0.5, 0.6) is 34.5 Å². The molecule has 0 atom stereocenters. The van der Waals surface area contributed by atoms with E-state index in [1.807, 2.05) is 49.4 Å². The predicted octanol–water partition coefficient (Wildman–Crippen LogP) is 4.77. The molecule has 0 aromatic heterocycles. The molecule has 4 nitrogen and oxygen atoms in total. The van der Waals surface area contributed by atoms with E-state index in [9.17, 15) is 0 Å². The maximum Gasteiger partial charge on any atom is 0.231 e. The van der Waals surface area contributed by atoms with Crippen LogP contribution in [0, 0.1) is 6.92 Å². The van der Waals surface area contributed by atoms with Crippen molar-refractivity contribution in [1.82, 2.24) is 0 Å². The van der Waals surface area contributed by atoms with Gasteiger partial charge in [0.1, 0.15) is 0 Å². The van der Waals surface area contributed by atoms with Gasteiger partial charge < -0.3 is 18.9 Å². The van der Waals surface area contributed by atoms with E-state index in [0.29, 0.717) is 11.5 Å². The minimum absolute atomic E-state index is 0.257. The number of fused-ring (bicyclic) bond motifs is 5. The largest absolute Gasteiger partial charge is 0.454 e. The van der Waals surface area contributed by atoms with Crippen molar-refractivity contribution in [2.45, 2.75) is 6.92 Å². The van der Waals surface area contributed by atoms with E-state index < -0.39 is 0 Å². The van der Waals surface area contributed by atoms with Crippen LogP contribution in [0.3, 0.4) is 0 Å². The lowest BCUT2D eigenvalue weighted by atomic mass is 10.1. The summed E-state index contributed by atoms with van der Waals surface area (Å²) in [7, 11) is 0. The number of hydrogen-bond acceptors (Lipinski definition) is 4. The Kier molecular flexibility index (Phi) is 2.17. The van der Waals surface area contributed by atoms with Gasteiger partial charge in [-0.1, -0.05) is 12.1 Å². The Morgan fingerprint density at radius 3 is 2.45 bits per heavy atom. The van der Waals surface area contributed by atoms with E-state index in [1.54, 1.807) is 0 Å². The highest BCUT2D eigenvalue weighted by Gasteiger charge is 2.23. The zero-order chi connectivity index (χ0) is 14.7. The zero-order valence-electron chi connectivity index (χ0n) is 11.9. The van der Waals surface area contributed by atoms with Crippen molar-refractivity contribution in [1.29, 1.82) is 0 Å². The van der Waals surface area contributed by atoms with Gasteiger partial charge in [0.15, 0.2) is 34.5 Å². The predicted molar refractivity (Wildman–Crippen MR) is 81.4 cm³/mol. The Morgan fingerprint density at radius 1 is 0.727 bits per heavy atom. The highest BCUT2D eigenvalue weighted by molar-refractivity contribution is 5.94. The molecule has 108 valence electrons. The lowest BCUT2D eigenvalue weighted by Gasteiger charge is -2.22. The molecule has 0 N–H and O–H groups in total. The van der Waals surface area contributed by atoms with Gasteiger partial charge in [-0.05, 0) is 48.2 Å². The van der Waals surface area contributed by atoms with E-state index in [0.717, 1.165) is 39.3 Å². The molecule has 3 aromatic rings. The van der Waals surface area contributed by atoms with Gasteiger partial charge in [-0.3, -0.25) is 0 Å². The molecule has 22 heavy (non-hydrogen) atoms. The van der Waals surface area contributed by atoms with Crippen LogP contribution >= 0.6 is 0 Å². The monoisotopic (exact) mass is 292 g/mol. The second kappa shape index (κ2) is 4.07. The topological polar surface area (TPSA) is 36.9 Å². The van der Waals surface area contributed by atoms with E-state index in [-0.39, 0.29) is 6.79 Å². The molecular weight excluding hydrogens is 280 g/mol. The molecule has 0 amide bonds. The Balaban J connectivity index is 1.73. The highest BCUT2D eigenvalue weighted by Crippen LogP contribution is 2.50. The second-order valence-corrected chi connectivity index (χ2v) is 5.47. The van der Waals surface area contributed by atoms with Crippen LogP contribution in [0.1, 0.15) is 5.56 Å². The van der Waals surface area contributed by atoms with Crippen molar-refractivity contribution < 1.29 is 18.9 Å². The first-order valence-electron chi connectivity index (χ1n) is 7.11. The average Bonchev–Trinajstić information content (AvgIpc) is 2.98. The maximum atomic E-state index is 6.11. The highest BCUT2D eigenvalue weighted by atomic mass is 16.7. The summed E-state index contributed by atoms with van der Waals surface area (Å²) >= 11 is 0. The minimum Gasteiger partial charge on any atom is -0.454 e. The summed E-state index contributed by atoms with van der Waals surface area (Å²) in [6.07, 6.45) is 0. The van der Waals surface area contributed by atoms with Gasteiger partial charge >= 0.3 is 0 Å². The molecule has 0 fully saturated rings. The number of hydrogen-bond donors (Lipinski definition) is 0. The first-order valence-corrected chi connectivity index (χ1v) is 7.11. The van der Waals surface area contributed by atoms with Gasteiger partial charge in [0, 0.05) is 5.39 Å². The first kappa shape index (κ1) is 11.7. The molecule has 0 radical (unpaired) electrons. The summed E-state index contributed by atoms with van der Waals surface area (Å²) in [4.78, 5) is 0. The summed E-state index contributed by atoms with van der Waals surface area (Å²) in [6, 6.07) is 13.7. The molecule has 0 bridgehead atoms. The number of benzene rings is 3. The van der Waals surface area contributed by atoms with Gasteiger partial charge in [0.25, 0.3) is 0 Å². The third kappa shape index (κ3) is 1.58. The van der Waals surface area contributed by atoms with Gasteiger partial charge in [0.05, 0.1) is 0 Å². The van der Waals surface area contributed by atoms with Gasteiger partial charge in [-0.2, -0.15) is 0 Å². The van der Waals surface area contributed by atoms with Crippen LogP contribution in [0.2, 0.25) is 0 Å². The molecular formula is C18H12O4. The van der Waals surface area contributed by atoms with Crippen LogP contribution in [0.4, 0.5) is 0 Å². The summed E-state index contributed by atoms with van der Waals surface area (Å²) in [5, 5.41) is 1.98. The smallest absolute Gasteiger partial charge is 0.231 e. The van der Waals surface area contributed by atoms with Crippen molar-refractivity contribution in [3.63, 3.8) is 0 Å². The number of rotatable bonds is 0. The molecule has 2 aliphatic heterocycles. The molecule has 3 aromatic carbocycles. The maximum absolute atomic E-state index is 6.11. The Labute approximate surface area is 126 Å². The summed E-state index contributed by atoms with van der Waals surface area (Å²) < 4.78 is 23.0. The summed E-state index contributed by atoms with van der Waals surface area (Å²) in [6.45, 7) is 2.29. The molecule has 4 heteroatoms. The van der Waals surface area contributed by atoms with Gasteiger partial charge in [-0.15, -0.1) is 0 Å². The molecule has 0 unspecified atom stereocenters. The molecule has 0 aliphatic carbocycles. The van der Waals surface area contributed by atoms with Crippen molar-refractivity contribution in [2.75, 3.05) is 6.79 Å². The molecule has 0 saturated heterocycles. The van der Waals surface area contributed by atoms with E-state index in [4.69, 9.17) is 18.9 Å². The lowest BCUT2D eigenvalue weighted by molar-refractivity contribution is 0.174. The quantitative estimate of drug-likeness (QED) is 0.467. The first-order chi connectivity index (χ1) is 10.8. The van der Waals surface area contributed by atoms with Crippen molar-refractivity contribution >= 4 is 10.8 Å². The van der Waals surface area contributed by atoms with Gasteiger partial charge in [-0.25, -0.2) is 0 Å². The van der Waals surface area contributed by atoms with Crippen molar-refractivity contribution in [3.05, 3.63) is 48.0 Å². The van der Waals surface area contributed by atoms with Crippen molar-refractivity contribution in [3.8, 4) is 34.5 Å². The number of aryl methyl sites for hydroxylation is 1. The van der Waals surface area contributed by atoms with Gasteiger partial charge in [0.2, 0.25) is 6.79 Å². The van der Waals surface area contributed by atoms with E-state index >= 15 is 0 Å². The van der Waals surface area contributed by atoms with Crippen molar-refractivity contribution in [2.24, 2.45) is 0 Å². The minimum atomic E-state index is 0.257. The van der Waals surface area contributed by atoms with Crippen LogP contribution in [-0.4, -0.2) is 6.79 Å². The molecule has 0 saturated carbocycles. The molecule has 5 rings (SSSR count). The van der Waals surface area contributed by atoms with E-state index in [2.05, 4.69) is 0 Å². The third-order valence-corrected chi connectivity index (χ3v) is 3.96. The fourth-order valence-corrected chi connectivity index (χ4v) is 2.86. The van der Waals surface area contributed by atoms with Crippen LogP contribution in [0.25, 0.3) is 10.8 Å². The molecule has 2 aliphatic rings. The van der Waals surface area contributed by atoms with Crippen LogP contribution in [-0.2, 0) is 0 Å². The zero-order valence-corrected chi connectivity index (χ0v) is 11.9. The van der Waals surface area contributed by atoms with Crippen LogP contribution < -0.4 is 18.9 Å². The molecule has 2 heterocycles. The Bertz CT molecular complexity index is 930. The molecule has 0 spiro atoms. The summed E-state index contributed by atoms with van der Waals surface area (Å²) in [5.74, 6) is 4.40. The SMILES string of the molecule is Cc1ccc2c(c1)Oc1c(ccc3cc4c(cc13)OCO4)O2. The Hall–Kier alpha value is -2.88. The second-order valence-electron chi connectivity index (χ2n) is 5.47. The standard InChI is InChI=1S/C18H12O4/c1-10-2-4-13-17(6-10)22-18-12-8-16-15(19-9-20-16)7-11(12)3-5-14(18)21-13/h2-8H,9H2,1H3. The Morgan fingerprint density at radius 2 is 1.55 bits per heavy atom. The summed E-state index contributed by atoms with van der Waals surface area (Å²) in [5.41, 5.74) is 1.13.